The van der Waals surface area contributed by atoms with E-state index < -0.39 is 5.97 Å². The van der Waals surface area contributed by atoms with E-state index in [1.54, 1.807) is 0 Å². The molecule has 0 radical (unpaired) electrons. The minimum Gasteiger partial charge on any atom is -0.478 e. The van der Waals surface area contributed by atoms with Crippen molar-refractivity contribution in [1.82, 2.24) is 4.90 Å². The summed E-state index contributed by atoms with van der Waals surface area (Å²) in [7, 11) is 0. The van der Waals surface area contributed by atoms with E-state index in [1.165, 1.54) is 6.38 Å². The summed E-state index contributed by atoms with van der Waals surface area (Å²) in [5.41, 5.74) is 0.312. The van der Waals surface area contributed by atoms with Crippen LogP contribution in [0.25, 0.3) is 0 Å². The monoisotopic (exact) mass is 235 g/mol. The molecule has 0 spiro atoms. The Balaban J connectivity index is 0. The maximum absolute atomic E-state index is 10.4. The molecule has 0 aromatic heterocycles. The van der Waals surface area contributed by atoms with Crippen molar-refractivity contribution in [1.29, 1.82) is 0 Å². The molecule has 0 amide bonds. The first-order chi connectivity index (χ1) is 7.11. The molecular weight excluding hydrogens is 214 g/mol. The molecular formula is C11H22ClNO2. The molecule has 0 saturated heterocycles. The van der Waals surface area contributed by atoms with Crippen molar-refractivity contribution in [3.63, 3.8) is 0 Å². The summed E-state index contributed by atoms with van der Waals surface area (Å²) >= 11 is 4.64. The van der Waals surface area contributed by atoms with E-state index in [9.17, 15) is 4.79 Å². The normalized spacial score (nSPS) is 9.40. The molecule has 0 aliphatic rings. The van der Waals surface area contributed by atoms with Crippen LogP contribution in [0.2, 0.25) is 0 Å². The van der Waals surface area contributed by atoms with Crippen LogP contribution in [0.15, 0.2) is 12.2 Å². The van der Waals surface area contributed by atoms with Gasteiger partial charge >= 0.3 is 5.97 Å². The molecule has 0 saturated carbocycles. The fraction of sp³-hybridized carbons (Fsp3) is 0.727. The molecule has 15 heavy (non-hydrogen) atoms. The van der Waals surface area contributed by atoms with Gasteiger partial charge in [-0.15, -0.1) is 11.6 Å². The Bertz CT molecular complexity index is 179. The number of carboxylic acid groups (broad SMARTS) is 1. The van der Waals surface area contributed by atoms with E-state index in [1.807, 2.05) is 0 Å². The number of halogens is 1. The summed E-state index contributed by atoms with van der Waals surface area (Å²) < 4.78 is 0. The Labute approximate surface area is 97.7 Å². The van der Waals surface area contributed by atoms with Crippen LogP contribution in [0.1, 0.15) is 26.7 Å². The Morgan fingerprint density at radius 3 is 2.13 bits per heavy atom. The maximum atomic E-state index is 10.4. The van der Waals surface area contributed by atoms with Gasteiger partial charge in [0.2, 0.25) is 0 Å². The smallest absolute Gasteiger partial charge is 0.330 e. The van der Waals surface area contributed by atoms with Crippen LogP contribution < -0.4 is 0 Å². The van der Waals surface area contributed by atoms with Gasteiger partial charge in [0.05, 0.1) is 0 Å². The van der Waals surface area contributed by atoms with Crippen LogP contribution in [-0.4, -0.2) is 42.0 Å². The maximum Gasteiger partial charge on any atom is 0.330 e. The molecule has 0 aromatic rings. The summed E-state index contributed by atoms with van der Waals surface area (Å²) in [6.45, 7) is 10.7. The fourth-order valence-electron chi connectivity index (χ4n) is 1.16. The molecule has 0 bridgehead atoms. The Morgan fingerprint density at radius 1 is 1.33 bits per heavy atom. The molecule has 0 heterocycles. The summed E-state index contributed by atoms with van der Waals surface area (Å²) in [4.78, 5) is 12.7. The Morgan fingerprint density at radius 2 is 1.80 bits per heavy atom. The second-order valence-electron chi connectivity index (χ2n) is 3.04. The summed E-state index contributed by atoms with van der Waals surface area (Å²) in [6, 6.07) is 0. The zero-order chi connectivity index (χ0) is 12.3. The number of alkyl halides is 1. The molecule has 90 valence electrons. The van der Waals surface area contributed by atoms with Crippen LogP contribution >= 0.6 is 11.6 Å². The number of hydrogen-bond donors (Lipinski definition) is 1. The molecule has 3 nitrogen and oxygen atoms in total. The van der Waals surface area contributed by atoms with Crippen LogP contribution in [0.3, 0.4) is 0 Å². The third-order valence-corrected chi connectivity index (χ3v) is 2.15. The van der Waals surface area contributed by atoms with E-state index >= 15 is 0 Å². The lowest BCUT2D eigenvalue weighted by molar-refractivity contribution is -0.132. The molecule has 0 unspecified atom stereocenters. The number of carbonyl (C=O) groups is 1. The summed E-state index contributed by atoms with van der Waals surface area (Å²) in [5.74, 6) is -0.875. The topological polar surface area (TPSA) is 40.5 Å². The van der Waals surface area contributed by atoms with E-state index in [2.05, 4.69) is 36.9 Å². The van der Waals surface area contributed by atoms with E-state index in [-0.39, 0.29) is 0 Å². The highest BCUT2D eigenvalue weighted by atomic mass is 35.5. The predicted octanol–water partition coefficient (Wildman–Crippen LogP) is 2.60. The largest absolute Gasteiger partial charge is 0.478 e. The lowest BCUT2D eigenvalue weighted by Crippen LogP contribution is -2.24. The van der Waals surface area contributed by atoms with Crippen LogP contribution in [0.4, 0.5) is 0 Å². The molecule has 4 heteroatoms. The van der Waals surface area contributed by atoms with Crippen molar-refractivity contribution in [3.8, 4) is 0 Å². The van der Waals surface area contributed by atoms with Crippen LogP contribution in [-0.2, 0) is 4.79 Å². The van der Waals surface area contributed by atoms with Gasteiger partial charge in [-0.25, -0.2) is 4.79 Å². The van der Waals surface area contributed by atoms with Gasteiger partial charge in [0.25, 0.3) is 0 Å². The molecule has 0 rings (SSSR count). The highest BCUT2D eigenvalue weighted by molar-refractivity contribution is 6.15. The van der Waals surface area contributed by atoms with Gasteiger partial charge in [-0.05, 0) is 32.5 Å². The third-order valence-electron chi connectivity index (χ3n) is 2.15. The van der Waals surface area contributed by atoms with Crippen molar-refractivity contribution < 1.29 is 9.90 Å². The molecule has 0 aliphatic heterocycles. The number of aliphatic carboxylic acids is 1. The molecule has 0 aromatic carbocycles. The predicted molar refractivity (Wildman–Crippen MR) is 65.6 cm³/mol. The number of hydrogen-bond acceptors (Lipinski definition) is 2. The average molecular weight is 236 g/mol. The summed E-state index contributed by atoms with van der Waals surface area (Å²) in [6.07, 6.45) is 2.94. The third kappa shape index (κ3) is 9.76. The van der Waals surface area contributed by atoms with Crippen molar-refractivity contribution in [2.75, 3.05) is 26.0 Å². The first-order valence-electron chi connectivity index (χ1n) is 5.13. The standard InChI is InChI=1S/C10H19NO2.CH3Cl/c1-4-11(5-2)8-6-7-9(3)10(12)13;1-2/h3-8H2,1-2H3,(H,12,13);1H3. The zero-order valence-corrected chi connectivity index (χ0v) is 10.7. The van der Waals surface area contributed by atoms with Crippen molar-refractivity contribution >= 4 is 17.6 Å². The molecule has 0 atom stereocenters. The van der Waals surface area contributed by atoms with Gasteiger partial charge in [-0.2, -0.15) is 0 Å². The van der Waals surface area contributed by atoms with E-state index in [4.69, 9.17) is 5.11 Å². The number of nitrogens with zero attached hydrogens (tertiary/aromatic N) is 1. The highest BCUT2D eigenvalue weighted by Crippen LogP contribution is 2.03. The van der Waals surface area contributed by atoms with Gasteiger partial charge < -0.3 is 10.0 Å². The zero-order valence-electron chi connectivity index (χ0n) is 9.92. The SMILES string of the molecule is C=C(CCCN(CC)CC)C(=O)O.CCl. The second kappa shape index (κ2) is 11.5. The molecule has 0 fully saturated rings. The van der Waals surface area contributed by atoms with Gasteiger partial charge in [0.1, 0.15) is 0 Å². The van der Waals surface area contributed by atoms with Crippen LogP contribution in [0.5, 0.6) is 0 Å². The average Bonchev–Trinajstić information content (AvgIpc) is 2.26. The van der Waals surface area contributed by atoms with Crippen molar-refractivity contribution in [3.05, 3.63) is 12.2 Å². The van der Waals surface area contributed by atoms with E-state index in [0.29, 0.717) is 12.0 Å². The lowest BCUT2D eigenvalue weighted by Gasteiger charge is -2.17. The minimum absolute atomic E-state index is 0.312. The van der Waals surface area contributed by atoms with Gasteiger partial charge in [-0.3, -0.25) is 0 Å². The van der Waals surface area contributed by atoms with Gasteiger partial charge in [0, 0.05) is 12.0 Å². The van der Waals surface area contributed by atoms with Crippen LogP contribution in [0, 0.1) is 0 Å². The van der Waals surface area contributed by atoms with Crippen molar-refractivity contribution in [2.24, 2.45) is 0 Å². The Kier molecular flexibility index (Phi) is 13.0. The van der Waals surface area contributed by atoms with E-state index in [0.717, 1.165) is 26.1 Å². The quantitative estimate of drug-likeness (QED) is 0.545. The summed E-state index contributed by atoms with van der Waals surface area (Å²) in [5, 5.41) is 8.55. The number of rotatable bonds is 7. The lowest BCUT2D eigenvalue weighted by atomic mass is 10.1. The Hall–Kier alpha value is -0.540. The van der Waals surface area contributed by atoms with Gasteiger partial charge in [-0.1, -0.05) is 20.4 Å². The molecule has 0 aliphatic carbocycles. The highest BCUT2D eigenvalue weighted by Gasteiger charge is 2.04. The number of carboxylic acids is 1. The first kappa shape index (κ1) is 16.9. The first-order valence-corrected chi connectivity index (χ1v) is 5.88. The minimum atomic E-state index is -0.875. The van der Waals surface area contributed by atoms with Crippen molar-refractivity contribution in [2.45, 2.75) is 26.7 Å². The molecule has 1 N–H and O–H groups in total. The van der Waals surface area contributed by atoms with Gasteiger partial charge in [0.15, 0.2) is 0 Å². The fourth-order valence-corrected chi connectivity index (χ4v) is 1.16. The second-order valence-corrected chi connectivity index (χ2v) is 3.04.